The third kappa shape index (κ3) is 3.49. The molecular weight excluding hydrogens is 345 g/mol. The summed E-state index contributed by atoms with van der Waals surface area (Å²) < 4.78 is 19.6. The van der Waals surface area contributed by atoms with E-state index < -0.39 is 0 Å². The molecule has 2 aromatic rings. The zero-order chi connectivity index (χ0) is 19.0. The summed E-state index contributed by atoms with van der Waals surface area (Å²) in [4.78, 5) is 13.3. The number of carbonyl (C=O) groups excluding carboxylic acids is 1. The van der Waals surface area contributed by atoms with Gasteiger partial charge in [-0.1, -0.05) is 12.1 Å². The highest BCUT2D eigenvalue weighted by Crippen LogP contribution is 2.38. The zero-order valence-corrected chi connectivity index (χ0v) is 15.4. The lowest BCUT2D eigenvalue weighted by Crippen LogP contribution is -2.37. The molecule has 1 aliphatic carbocycles. The Morgan fingerprint density at radius 2 is 2.15 bits per heavy atom. The van der Waals surface area contributed by atoms with Crippen LogP contribution in [0.3, 0.4) is 0 Å². The Morgan fingerprint density at radius 3 is 2.93 bits per heavy atom. The van der Waals surface area contributed by atoms with E-state index in [0.717, 1.165) is 42.7 Å². The number of hydrogen-bond donors (Lipinski definition) is 2. The molecule has 0 saturated carbocycles. The molecule has 5 nitrogen and oxygen atoms in total. The van der Waals surface area contributed by atoms with E-state index >= 15 is 0 Å². The lowest BCUT2D eigenvalue weighted by molar-refractivity contribution is -0.119. The van der Waals surface area contributed by atoms with Crippen LogP contribution in [0.1, 0.15) is 34.7 Å². The lowest BCUT2D eigenvalue weighted by atomic mass is 9.98. The molecule has 1 atom stereocenters. The Hall–Kier alpha value is -2.60. The molecule has 1 aliphatic heterocycles. The van der Waals surface area contributed by atoms with Gasteiger partial charge in [-0.3, -0.25) is 9.69 Å². The van der Waals surface area contributed by atoms with Crippen molar-refractivity contribution in [3.8, 4) is 5.75 Å². The van der Waals surface area contributed by atoms with E-state index in [1.165, 1.54) is 18.2 Å². The second-order valence-electron chi connectivity index (χ2n) is 7.30. The summed E-state index contributed by atoms with van der Waals surface area (Å²) in [6.45, 7) is 1.86. The van der Waals surface area contributed by atoms with E-state index in [-0.39, 0.29) is 24.3 Å². The molecule has 0 bridgehead atoms. The number of anilines is 1. The molecule has 6 heteroatoms. The summed E-state index contributed by atoms with van der Waals surface area (Å²) in [6.07, 6.45) is 2.47. The summed E-state index contributed by atoms with van der Waals surface area (Å²) in [6, 6.07) is 10.1. The fourth-order valence-electron chi connectivity index (χ4n) is 4.21. The van der Waals surface area contributed by atoms with Gasteiger partial charge in [0.2, 0.25) is 5.91 Å². The predicted octanol–water partition coefficient (Wildman–Crippen LogP) is 2.78. The molecule has 1 unspecified atom stereocenters. The van der Waals surface area contributed by atoms with Gasteiger partial charge in [0.25, 0.3) is 0 Å². The average Bonchev–Trinajstić information content (AvgIpc) is 3.05. The first-order chi connectivity index (χ1) is 13.0. The minimum absolute atomic E-state index is 0.0868. The number of fused-ring (bicyclic) bond motifs is 2. The Labute approximate surface area is 158 Å². The summed E-state index contributed by atoms with van der Waals surface area (Å²) in [5.74, 6) is -0.239. The van der Waals surface area contributed by atoms with Crippen molar-refractivity contribution in [1.29, 1.82) is 0 Å². The Morgan fingerprint density at radius 1 is 1.30 bits per heavy atom. The van der Waals surface area contributed by atoms with Gasteiger partial charge in [-0.05, 0) is 59.7 Å². The summed E-state index contributed by atoms with van der Waals surface area (Å²) >= 11 is 0. The number of rotatable bonds is 5. The first-order valence-corrected chi connectivity index (χ1v) is 9.29. The molecule has 142 valence electrons. The fourth-order valence-corrected chi connectivity index (χ4v) is 4.21. The first-order valence-electron chi connectivity index (χ1n) is 9.29. The predicted molar refractivity (Wildman–Crippen MR) is 102 cm³/mol. The van der Waals surface area contributed by atoms with E-state index in [2.05, 4.69) is 28.4 Å². The average molecular weight is 369 g/mol. The Bertz CT molecular complexity index is 884. The van der Waals surface area contributed by atoms with E-state index in [1.807, 2.05) is 6.07 Å². The van der Waals surface area contributed by atoms with Gasteiger partial charge in [-0.25, -0.2) is 4.39 Å². The smallest absolute Gasteiger partial charge is 0.231 e. The van der Waals surface area contributed by atoms with E-state index in [9.17, 15) is 9.18 Å². The van der Waals surface area contributed by atoms with Crippen LogP contribution in [-0.2, 0) is 24.2 Å². The number of nitrogens with two attached hydrogens (primary N) is 1. The molecule has 2 aromatic carbocycles. The maximum Gasteiger partial charge on any atom is 0.231 e. The van der Waals surface area contributed by atoms with E-state index in [0.29, 0.717) is 12.2 Å². The topological polar surface area (TPSA) is 67.6 Å². The maximum atomic E-state index is 14.5. The number of ether oxygens (including phenoxy) is 1. The van der Waals surface area contributed by atoms with Gasteiger partial charge in [-0.2, -0.15) is 0 Å². The number of methoxy groups -OCH3 is 1. The van der Waals surface area contributed by atoms with Crippen molar-refractivity contribution >= 4 is 11.6 Å². The standard InChI is InChI=1S/C21H24FN3O2/c1-27-19-7-5-16-17(21(19)22)4-6-18(16)24-15-3-2-13-8-9-25(12-20(23)26)11-14(13)10-15/h2-3,5,7,10,18,24H,4,6,8-9,11-12H2,1H3,(H2,23,26). The molecule has 0 radical (unpaired) electrons. The van der Waals surface area contributed by atoms with Crippen molar-refractivity contribution in [2.75, 3.05) is 25.5 Å². The lowest BCUT2D eigenvalue weighted by Gasteiger charge is -2.28. The normalized spacial score (nSPS) is 18.7. The number of amides is 1. The molecule has 2 aliphatic rings. The second kappa shape index (κ2) is 7.19. The van der Waals surface area contributed by atoms with Crippen molar-refractivity contribution in [2.24, 2.45) is 5.73 Å². The third-order valence-corrected chi connectivity index (χ3v) is 5.54. The van der Waals surface area contributed by atoms with Crippen LogP contribution < -0.4 is 15.8 Å². The number of nitrogens with one attached hydrogen (secondary N) is 1. The number of hydrogen-bond acceptors (Lipinski definition) is 4. The number of nitrogens with zero attached hydrogens (tertiary/aromatic N) is 1. The van der Waals surface area contributed by atoms with Crippen molar-refractivity contribution in [2.45, 2.75) is 31.8 Å². The molecule has 27 heavy (non-hydrogen) atoms. The van der Waals surface area contributed by atoms with Crippen molar-refractivity contribution in [3.63, 3.8) is 0 Å². The van der Waals surface area contributed by atoms with Gasteiger partial charge in [0, 0.05) is 18.8 Å². The van der Waals surface area contributed by atoms with Crippen molar-refractivity contribution in [3.05, 3.63) is 58.4 Å². The molecule has 0 fully saturated rings. The SMILES string of the molecule is COc1ccc2c(c1F)CCC2Nc1ccc2c(c1)CN(CC(N)=O)CC2. The molecule has 1 amide bonds. The van der Waals surface area contributed by atoms with E-state index in [1.54, 1.807) is 6.07 Å². The first kappa shape index (κ1) is 17.8. The van der Waals surface area contributed by atoms with Crippen LogP contribution in [0.4, 0.5) is 10.1 Å². The third-order valence-electron chi connectivity index (χ3n) is 5.54. The quantitative estimate of drug-likeness (QED) is 0.850. The molecular formula is C21H24FN3O2. The largest absolute Gasteiger partial charge is 0.494 e. The minimum Gasteiger partial charge on any atom is -0.494 e. The maximum absolute atomic E-state index is 14.5. The number of halogens is 1. The van der Waals surface area contributed by atoms with Gasteiger partial charge in [-0.15, -0.1) is 0 Å². The van der Waals surface area contributed by atoms with Crippen LogP contribution in [0.15, 0.2) is 30.3 Å². The van der Waals surface area contributed by atoms with Gasteiger partial charge in [0.1, 0.15) is 0 Å². The van der Waals surface area contributed by atoms with Crippen molar-refractivity contribution < 1.29 is 13.9 Å². The van der Waals surface area contributed by atoms with Crippen LogP contribution in [0, 0.1) is 5.82 Å². The molecule has 0 spiro atoms. The highest BCUT2D eigenvalue weighted by Gasteiger charge is 2.27. The van der Waals surface area contributed by atoms with Crippen LogP contribution in [0.2, 0.25) is 0 Å². The van der Waals surface area contributed by atoms with Crippen LogP contribution in [-0.4, -0.2) is 31.0 Å². The minimum atomic E-state index is -0.298. The number of carbonyl (C=O) groups is 1. The summed E-state index contributed by atoms with van der Waals surface area (Å²) in [5, 5.41) is 3.55. The molecule has 0 saturated heterocycles. The van der Waals surface area contributed by atoms with Gasteiger partial charge >= 0.3 is 0 Å². The monoisotopic (exact) mass is 369 g/mol. The Balaban J connectivity index is 1.52. The number of primary amides is 1. The zero-order valence-electron chi connectivity index (χ0n) is 15.4. The molecule has 4 rings (SSSR count). The highest BCUT2D eigenvalue weighted by atomic mass is 19.1. The summed E-state index contributed by atoms with van der Waals surface area (Å²) in [7, 11) is 1.49. The Kier molecular flexibility index (Phi) is 4.74. The molecule has 0 aromatic heterocycles. The molecule has 1 heterocycles. The van der Waals surface area contributed by atoms with Crippen molar-refractivity contribution in [1.82, 2.24) is 4.90 Å². The van der Waals surface area contributed by atoms with Gasteiger partial charge in [0.15, 0.2) is 11.6 Å². The molecule has 3 N–H and O–H groups in total. The second-order valence-corrected chi connectivity index (χ2v) is 7.30. The van der Waals surface area contributed by atoms with Crippen LogP contribution in [0.25, 0.3) is 0 Å². The van der Waals surface area contributed by atoms with Crippen LogP contribution in [0.5, 0.6) is 5.75 Å². The van der Waals surface area contributed by atoms with Gasteiger partial charge < -0.3 is 15.8 Å². The van der Waals surface area contributed by atoms with Crippen LogP contribution >= 0.6 is 0 Å². The van der Waals surface area contributed by atoms with E-state index in [4.69, 9.17) is 10.5 Å². The highest BCUT2D eigenvalue weighted by molar-refractivity contribution is 5.76. The van der Waals surface area contributed by atoms with Gasteiger partial charge in [0.05, 0.1) is 19.7 Å². The summed E-state index contributed by atoms with van der Waals surface area (Å²) in [5.41, 5.74) is 10.6. The fraction of sp³-hybridized carbons (Fsp3) is 0.381. The number of benzene rings is 2.